The highest BCUT2D eigenvalue weighted by molar-refractivity contribution is 14.0. The Labute approximate surface area is 168 Å². The van der Waals surface area contributed by atoms with E-state index < -0.39 is 0 Å². The van der Waals surface area contributed by atoms with E-state index in [2.05, 4.69) is 54.4 Å². The summed E-state index contributed by atoms with van der Waals surface area (Å²) >= 11 is 0. The number of halogens is 1. The monoisotopic (exact) mass is 455 g/mol. The molecule has 0 amide bonds. The lowest BCUT2D eigenvalue weighted by molar-refractivity contribution is -0.0987. The molecule has 2 saturated heterocycles. The molecule has 2 heterocycles. The summed E-state index contributed by atoms with van der Waals surface area (Å²) in [6.07, 6.45) is 5.41. The molecule has 0 aromatic heterocycles. The van der Waals surface area contributed by atoms with Crippen LogP contribution in [-0.4, -0.2) is 42.7 Å². The molecule has 5 heteroatoms. The summed E-state index contributed by atoms with van der Waals surface area (Å²) < 4.78 is 5.94. The molecule has 3 fully saturated rings. The number of benzene rings is 1. The Bertz CT molecular complexity index is 598. The number of piperidine rings is 1. The number of anilines is 1. The normalized spacial score (nSPS) is 30.9. The van der Waals surface area contributed by atoms with Crippen molar-refractivity contribution in [2.24, 2.45) is 16.3 Å². The molecule has 1 aliphatic carbocycles. The number of rotatable bonds is 2. The van der Waals surface area contributed by atoms with Crippen molar-refractivity contribution < 1.29 is 4.74 Å². The maximum absolute atomic E-state index is 5.94. The van der Waals surface area contributed by atoms with Crippen LogP contribution in [0.1, 0.15) is 39.5 Å². The molecule has 1 saturated carbocycles. The van der Waals surface area contributed by atoms with Gasteiger partial charge < -0.3 is 15.0 Å². The summed E-state index contributed by atoms with van der Waals surface area (Å²) in [6, 6.07) is 10.8. The summed E-state index contributed by atoms with van der Waals surface area (Å²) in [7, 11) is 0. The zero-order valence-electron chi connectivity index (χ0n) is 15.3. The van der Waals surface area contributed by atoms with E-state index >= 15 is 0 Å². The molecule has 138 valence electrons. The van der Waals surface area contributed by atoms with Crippen molar-refractivity contribution in [2.45, 2.75) is 51.7 Å². The van der Waals surface area contributed by atoms with Crippen molar-refractivity contribution in [3.05, 3.63) is 30.3 Å². The van der Waals surface area contributed by atoms with Gasteiger partial charge in [-0.15, -0.1) is 24.0 Å². The molecule has 3 unspecified atom stereocenters. The molecular weight excluding hydrogens is 425 g/mol. The van der Waals surface area contributed by atoms with E-state index in [9.17, 15) is 0 Å². The highest BCUT2D eigenvalue weighted by atomic mass is 127. The molecule has 4 rings (SSSR count). The van der Waals surface area contributed by atoms with E-state index in [4.69, 9.17) is 9.73 Å². The van der Waals surface area contributed by atoms with Gasteiger partial charge in [0.1, 0.15) is 0 Å². The van der Waals surface area contributed by atoms with Gasteiger partial charge in [-0.1, -0.05) is 32.0 Å². The zero-order chi connectivity index (χ0) is 16.6. The Hall–Kier alpha value is -0.820. The predicted molar refractivity (Wildman–Crippen MR) is 114 cm³/mol. The minimum absolute atomic E-state index is 0. The number of likely N-dealkylation sites (tertiary alicyclic amines) is 1. The first-order chi connectivity index (χ1) is 11.7. The number of para-hydroxylation sites is 1. The number of hydrogen-bond acceptors (Lipinski definition) is 2. The van der Waals surface area contributed by atoms with Gasteiger partial charge in [0.25, 0.3) is 0 Å². The highest BCUT2D eigenvalue weighted by Gasteiger charge is 2.59. The molecule has 1 aromatic carbocycles. The Kier molecular flexibility index (Phi) is 5.93. The molecule has 1 N–H and O–H groups in total. The van der Waals surface area contributed by atoms with E-state index in [1.54, 1.807) is 0 Å². The van der Waals surface area contributed by atoms with Gasteiger partial charge in [-0.25, -0.2) is 4.99 Å². The van der Waals surface area contributed by atoms with Gasteiger partial charge in [-0.2, -0.15) is 0 Å². The third-order valence-electron chi connectivity index (χ3n) is 5.99. The lowest BCUT2D eigenvalue weighted by Crippen LogP contribution is -2.59. The molecule has 0 spiro atoms. The van der Waals surface area contributed by atoms with Crippen LogP contribution in [-0.2, 0) is 4.74 Å². The van der Waals surface area contributed by atoms with Gasteiger partial charge in [-0.3, -0.25) is 0 Å². The average Bonchev–Trinajstić information content (AvgIpc) is 3.07. The third-order valence-corrected chi connectivity index (χ3v) is 5.99. The van der Waals surface area contributed by atoms with Crippen molar-refractivity contribution >= 4 is 35.6 Å². The second kappa shape index (κ2) is 7.82. The molecule has 1 aromatic rings. The van der Waals surface area contributed by atoms with Gasteiger partial charge in [0.15, 0.2) is 5.96 Å². The van der Waals surface area contributed by atoms with Gasteiger partial charge in [-0.05, 0) is 37.8 Å². The molecule has 0 radical (unpaired) electrons. The number of hydrogen-bond donors (Lipinski definition) is 1. The lowest BCUT2D eigenvalue weighted by Gasteiger charge is -2.52. The minimum Gasteiger partial charge on any atom is -0.377 e. The first-order valence-corrected chi connectivity index (χ1v) is 9.43. The van der Waals surface area contributed by atoms with Crippen LogP contribution in [0.3, 0.4) is 0 Å². The largest absolute Gasteiger partial charge is 0.377 e. The first-order valence-electron chi connectivity index (χ1n) is 9.43. The van der Waals surface area contributed by atoms with E-state index in [-0.39, 0.29) is 29.4 Å². The van der Waals surface area contributed by atoms with E-state index in [0.717, 1.165) is 37.8 Å². The molecule has 3 aliphatic rings. The summed E-state index contributed by atoms with van der Waals surface area (Å²) in [5.41, 5.74) is 1.26. The lowest BCUT2D eigenvalue weighted by atomic mass is 9.57. The van der Waals surface area contributed by atoms with Crippen molar-refractivity contribution in [3.8, 4) is 0 Å². The molecule has 0 bridgehead atoms. The quantitative estimate of drug-likeness (QED) is 0.409. The van der Waals surface area contributed by atoms with Gasteiger partial charge in [0.2, 0.25) is 0 Å². The average molecular weight is 455 g/mol. The smallest absolute Gasteiger partial charge is 0.198 e. The zero-order valence-corrected chi connectivity index (χ0v) is 17.6. The fraction of sp³-hybridized carbons (Fsp3) is 0.650. The van der Waals surface area contributed by atoms with Crippen LogP contribution in [0, 0.1) is 11.3 Å². The van der Waals surface area contributed by atoms with Gasteiger partial charge >= 0.3 is 0 Å². The predicted octanol–water partition coefficient (Wildman–Crippen LogP) is 4.37. The fourth-order valence-electron chi connectivity index (χ4n) is 4.64. The minimum atomic E-state index is 0. The molecule has 25 heavy (non-hydrogen) atoms. The number of guanidine groups is 1. The van der Waals surface area contributed by atoms with E-state index in [1.807, 2.05) is 0 Å². The Morgan fingerprint density at radius 3 is 2.60 bits per heavy atom. The highest BCUT2D eigenvalue weighted by Crippen LogP contribution is 2.54. The molecular formula is C20H30IN3O. The topological polar surface area (TPSA) is 36.9 Å². The van der Waals surface area contributed by atoms with Crippen LogP contribution in [0.15, 0.2) is 35.3 Å². The van der Waals surface area contributed by atoms with Crippen molar-refractivity contribution in [2.75, 3.05) is 25.0 Å². The Balaban J connectivity index is 0.00000182. The van der Waals surface area contributed by atoms with Gasteiger partial charge in [0, 0.05) is 36.7 Å². The van der Waals surface area contributed by atoms with Crippen LogP contribution in [0.2, 0.25) is 0 Å². The Morgan fingerprint density at radius 1 is 1.16 bits per heavy atom. The number of aliphatic imine (C=N–C) groups is 1. The van der Waals surface area contributed by atoms with Crippen LogP contribution in [0.25, 0.3) is 0 Å². The van der Waals surface area contributed by atoms with E-state index in [1.165, 1.54) is 19.3 Å². The number of ether oxygens (including phenoxy) is 1. The van der Waals surface area contributed by atoms with Gasteiger partial charge in [0.05, 0.1) is 12.1 Å². The van der Waals surface area contributed by atoms with Crippen molar-refractivity contribution in [3.63, 3.8) is 0 Å². The van der Waals surface area contributed by atoms with Crippen LogP contribution in [0.4, 0.5) is 5.69 Å². The van der Waals surface area contributed by atoms with Crippen molar-refractivity contribution in [1.29, 1.82) is 0 Å². The fourth-order valence-corrected chi connectivity index (χ4v) is 4.64. The third kappa shape index (κ3) is 3.68. The summed E-state index contributed by atoms with van der Waals surface area (Å²) in [4.78, 5) is 7.69. The van der Waals surface area contributed by atoms with Crippen LogP contribution >= 0.6 is 24.0 Å². The second-order valence-corrected chi connectivity index (χ2v) is 8.00. The summed E-state index contributed by atoms with van der Waals surface area (Å²) in [5.74, 6) is 1.65. The maximum Gasteiger partial charge on any atom is 0.198 e. The molecule has 2 aliphatic heterocycles. The maximum atomic E-state index is 5.94. The summed E-state index contributed by atoms with van der Waals surface area (Å²) in [5, 5.41) is 3.60. The van der Waals surface area contributed by atoms with Crippen LogP contribution < -0.4 is 5.32 Å². The van der Waals surface area contributed by atoms with Crippen LogP contribution in [0.5, 0.6) is 0 Å². The van der Waals surface area contributed by atoms with Crippen molar-refractivity contribution in [1.82, 2.24) is 4.90 Å². The number of nitrogens with zero attached hydrogens (tertiary/aromatic N) is 2. The molecule has 3 atom stereocenters. The van der Waals surface area contributed by atoms with E-state index in [0.29, 0.717) is 18.1 Å². The number of nitrogens with one attached hydrogen (secondary N) is 1. The summed E-state index contributed by atoms with van der Waals surface area (Å²) in [6.45, 7) is 7.73. The molecule has 4 nitrogen and oxygen atoms in total. The standard InChI is InChI=1S/C20H29N3O.HI/c1-20(2)17(16-11-14-24-18(16)20)22-19(23-12-7-4-8-13-23)21-15-9-5-3-6-10-15;/h3,5-6,9-10,16-18H,4,7-8,11-14H2,1-2H3,(H,21,22);1H. The second-order valence-electron chi connectivity index (χ2n) is 8.00. The SMILES string of the molecule is CC1(C)C(N=C(Nc2ccccc2)N2CCCCC2)C2CCOC21.I. The Morgan fingerprint density at radius 2 is 1.88 bits per heavy atom. The number of fused-ring (bicyclic) bond motifs is 1. The first kappa shape index (κ1) is 19.0.